The van der Waals surface area contributed by atoms with Gasteiger partial charge in [0.2, 0.25) is 0 Å². The van der Waals surface area contributed by atoms with Gasteiger partial charge in [-0.3, -0.25) is 4.55 Å². The van der Waals surface area contributed by atoms with E-state index in [1.165, 1.54) is 18.2 Å². The number of hydrogen-bond donors (Lipinski definition) is 1. The highest BCUT2D eigenvalue weighted by Gasteiger charge is 2.17. The molecule has 4 heteroatoms. The first-order valence-electron chi connectivity index (χ1n) is 4.52. The van der Waals surface area contributed by atoms with Crippen LogP contribution < -0.4 is 0 Å². The fourth-order valence-electron chi connectivity index (χ4n) is 1.32. The molecule has 0 aliphatic carbocycles. The van der Waals surface area contributed by atoms with Crippen LogP contribution in [0.25, 0.3) is 11.0 Å². The number of benzene rings is 1. The zero-order chi connectivity index (χ0) is 12.2. The third-order valence-corrected chi connectivity index (χ3v) is 2.91. The van der Waals surface area contributed by atoms with Gasteiger partial charge in [0, 0.05) is 5.56 Å². The van der Waals surface area contributed by atoms with E-state index in [9.17, 15) is 8.42 Å². The van der Waals surface area contributed by atoms with E-state index in [1.807, 2.05) is 0 Å². The summed E-state index contributed by atoms with van der Waals surface area (Å²) < 4.78 is 31.5. The van der Waals surface area contributed by atoms with Gasteiger partial charge >= 0.3 is 0 Å². The molecule has 0 saturated carbocycles. The van der Waals surface area contributed by atoms with Crippen molar-refractivity contribution in [2.75, 3.05) is 0 Å². The molecule has 0 spiro atoms. The van der Waals surface area contributed by atoms with Crippen LogP contribution in [0.5, 0.6) is 0 Å². The van der Waals surface area contributed by atoms with E-state index in [2.05, 4.69) is 13.2 Å². The second-order valence-electron chi connectivity index (χ2n) is 3.03. The fourth-order valence-corrected chi connectivity index (χ4v) is 2.05. The van der Waals surface area contributed by atoms with Crippen LogP contribution in [-0.4, -0.2) is 13.0 Å². The molecule has 0 aliphatic heterocycles. The Hall–Kier alpha value is -1.65. The van der Waals surface area contributed by atoms with Gasteiger partial charge in [0.25, 0.3) is 10.1 Å². The molecule has 0 aliphatic rings. The molecule has 0 heterocycles. The molecule has 84 valence electrons. The first-order valence-corrected chi connectivity index (χ1v) is 5.96. The van der Waals surface area contributed by atoms with Crippen molar-refractivity contribution >= 4 is 21.1 Å². The molecule has 0 radical (unpaired) electrons. The number of allylic oxidation sites excluding steroid dienone is 2. The number of rotatable bonds is 4. The lowest BCUT2D eigenvalue weighted by atomic mass is 10.1. The Kier molecular flexibility index (Phi) is 3.82. The van der Waals surface area contributed by atoms with Crippen molar-refractivity contribution in [2.45, 2.75) is 0 Å². The molecule has 1 aromatic rings. The second-order valence-corrected chi connectivity index (χ2v) is 4.42. The van der Waals surface area contributed by atoms with Gasteiger partial charge in [0.05, 0.1) is 0 Å². The first-order chi connectivity index (χ1) is 7.50. The highest BCUT2D eigenvalue weighted by atomic mass is 32.2. The maximum absolute atomic E-state index is 11.2. The molecular weight excluding hydrogens is 224 g/mol. The lowest BCUT2D eigenvalue weighted by Crippen LogP contribution is -2.02. The minimum Gasteiger partial charge on any atom is -0.282 e. The molecule has 0 amide bonds. The maximum atomic E-state index is 11.2. The predicted octanol–water partition coefficient (Wildman–Crippen LogP) is 2.74. The third kappa shape index (κ3) is 2.68. The second kappa shape index (κ2) is 4.92. The van der Waals surface area contributed by atoms with E-state index in [0.29, 0.717) is 11.1 Å². The topological polar surface area (TPSA) is 54.4 Å². The summed E-state index contributed by atoms with van der Waals surface area (Å²) in [7, 11) is -4.27. The fraction of sp³-hybridized carbons (Fsp3) is 0. The largest absolute Gasteiger partial charge is 0.295 e. The Morgan fingerprint density at radius 1 is 1.25 bits per heavy atom. The van der Waals surface area contributed by atoms with Crippen LogP contribution in [0.3, 0.4) is 0 Å². The van der Waals surface area contributed by atoms with Crippen LogP contribution >= 0.6 is 0 Å². The molecule has 0 bridgehead atoms. The van der Waals surface area contributed by atoms with Gasteiger partial charge < -0.3 is 0 Å². The Labute approximate surface area is 95.2 Å². The normalized spacial score (nSPS) is 12.2. The molecule has 0 unspecified atom stereocenters. The lowest BCUT2D eigenvalue weighted by molar-refractivity contribution is 0.496. The summed E-state index contributed by atoms with van der Waals surface area (Å²) in [6, 6.07) is 6.75. The van der Waals surface area contributed by atoms with Gasteiger partial charge in [-0.1, -0.05) is 49.6 Å². The van der Waals surface area contributed by atoms with E-state index in [1.54, 1.807) is 24.3 Å². The Balaban J connectivity index is 3.51. The average Bonchev–Trinajstić information content (AvgIpc) is 2.24. The minimum atomic E-state index is -4.27. The zero-order valence-electron chi connectivity index (χ0n) is 8.63. The van der Waals surface area contributed by atoms with E-state index in [4.69, 9.17) is 4.55 Å². The van der Waals surface area contributed by atoms with Crippen molar-refractivity contribution in [2.24, 2.45) is 0 Å². The Bertz CT molecular complexity index is 539. The molecular formula is C12H12O3S. The van der Waals surface area contributed by atoms with Crippen molar-refractivity contribution in [3.8, 4) is 0 Å². The molecule has 0 atom stereocenters. The van der Waals surface area contributed by atoms with Crippen LogP contribution in [0, 0.1) is 0 Å². The maximum Gasteiger partial charge on any atom is 0.295 e. The van der Waals surface area contributed by atoms with Crippen LogP contribution in [0.15, 0.2) is 49.6 Å². The van der Waals surface area contributed by atoms with Crippen molar-refractivity contribution in [1.29, 1.82) is 0 Å². The molecule has 3 nitrogen and oxygen atoms in total. The quantitative estimate of drug-likeness (QED) is 0.646. The Morgan fingerprint density at radius 2 is 1.88 bits per heavy atom. The van der Waals surface area contributed by atoms with Crippen molar-refractivity contribution < 1.29 is 13.0 Å². The standard InChI is InChI=1S/C12H12O3S/c1-3-7-12(16(13,14)15)11-9-6-5-8-10(11)4-2/h3-9H,1-2H2,(H,13,14,15)/b12-7+. The highest BCUT2D eigenvalue weighted by Crippen LogP contribution is 2.24. The molecule has 0 saturated heterocycles. The van der Waals surface area contributed by atoms with Crippen molar-refractivity contribution in [3.05, 3.63) is 60.7 Å². The smallest absolute Gasteiger partial charge is 0.282 e. The van der Waals surface area contributed by atoms with Gasteiger partial charge in [0.1, 0.15) is 4.91 Å². The van der Waals surface area contributed by atoms with Gasteiger partial charge in [-0.05, 0) is 11.6 Å². The Morgan fingerprint density at radius 3 is 2.38 bits per heavy atom. The van der Waals surface area contributed by atoms with Crippen molar-refractivity contribution in [1.82, 2.24) is 0 Å². The summed E-state index contributed by atoms with van der Waals surface area (Å²) in [6.45, 7) is 7.00. The number of hydrogen-bond acceptors (Lipinski definition) is 2. The molecule has 0 fully saturated rings. The summed E-state index contributed by atoms with van der Waals surface area (Å²) in [5.74, 6) is 0. The molecule has 1 rings (SSSR count). The van der Waals surface area contributed by atoms with E-state index >= 15 is 0 Å². The summed E-state index contributed by atoms with van der Waals surface area (Å²) in [6.07, 6.45) is 4.08. The zero-order valence-corrected chi connectivity index (χ0v) is 9.44. The van der Waals surface area contributed by atoms with E-state index in [-0.39, 0.29) is 4.91 Å². The average molecular weight is 236 g/mol. The first kappa shape index (κ1) is 12.4. The van der Waals surface area contributed by atoms with Crippen LogP contribution in [-0.2, 0) is 10.1 Å². The SMILES string of the molecule is C=C/C=C(\c1ccccc1C=C)S(=O)(=O)O. The molecule has 16 heavy (non-hydrogen) atoms. The molecule has 0 aromatic heterocycles. The molecule has 1 N–H and O–H groups in total. The van der Waals surface area contributed by atoms with E-state index < -0.39 is 10.1 Å². The third-order valence-electron chi connectivity index (χ3n) is 1.99. The van der Waals surface area contributed by atoms with Gasteiger partial charge in [0.15, 0.2) is 0 Å². The monoisotopic (exact) mass is 236 g/mol. The highest BCUT2D eigenvalue weighted by molar-refractivity contribution is 7.95. The van der Waals surface area contributed by atoms with E-state index in [0.717, 1.165) is 0 Å². The molecule has 1 aromatic carbocycles. The van der Waals surface area contributed by atoms with Crippen LogP contribution in [0.2, 0.25) is 0 Å². The summed E-state index contributed by atoms with van der Waals surface area (Å²) >= 11 is 0. The van der Waals surface area contributed by atoms with Crippen LogP contribution in [0.1, 0.15) is 11.1 Å². The van der Waals surface area contributed by atoms with Gasteiger partial charge in [-0.2, -0.15) is 8.42 Å². The summed E-state index contributed by atoms with van der Waals surface area (Å²) in [4.78, 5) is -0.182. The minimum absolute atomic E-state index is 0.182. The van der Waals surface area contributed by atoms with Gasteiger partial charge in [-0.25, -0.2) is 0 Å². The summed E-state index contributed by atoms with van der Waals surface area (Å²) in [5.41, 5.74) is 1.04. The predicted molar refractivity (Wildman–Crippen MR) is 66.3 cm³/mol. The summed E-state index contributed by atoms with van der Waals surface area (Å²) in [5, 5.41) is 0. The van der Waals surface area contributed by atoms with Crippen molar-refractivity contribution in [3.63, 3.8) is 0 Å². The van der Waals surface area contributed by atoms with Gasteiger partial charge in [-0.15, -0.1) is 0 Å². The van der Waals surface area contributed by atoms with Crippen LogP contribution in [0.4, 0.5) is 0 Å². The lowest BCUT2D eigenvalue weighted by Gasteiger charge is -2.07.